The highest BCUT2D eigenvalue weighted by Crippen LogP contribution is 2.29. The van der Waals surface area contributed by atoms with E-state index in [-0.39, 0.29) is 13.1 Å². The standard InChI is InChI=1S/C25H22FN3O5/c1-33-18-11-12-20(22(13-18)34-2)27-23(30)15-28-21-6-4-3-5-19(21)24(31)29(25(28)32)14-16-7-9-17(26)10-8-16/h3-13H,14-15H2,1-2H3,(H,27,30). The van der Waals surface area contributed by atoms with Gasteiger partial charge in [0.2, 0.25) is 5.91 Å². The minimum Gasteiger partial charge on any atom is -0.497 e. The Bertz CT molecular complexity index is 1480. The molecule has 1 heterocycles. The second-order valence-corrected chi connectivity index (χ2v) is 7.52. The van der Waals surface area contributed by atoms with E-state index in [1.54, 1.807) is 42.5 Å². The topological polar surface area (TPSA) is 91.6 Å². The highest BCUT2D eigenvalue weighted by atomic mass is 19.1. The SMILES string of the molecule is COc1ccc(NC(=O)Cn2c(=O)n(Cc3ccc(F)cc3)c(=O)c3ccccc32)c(OC)c1. The Morgan fingerprint density at radius 3 is 2.38 bits per heavy atom. The lowest BCUT2D eigenvalue weighted by atomic mass is 10.2. The molecule has 0 aliphatic carbocycles. The molecule has 8 nitrogen and oxygen atoms in total. The normalized spacial score (nSPS) is 10.8. The fraction of sp³-hybridized carbons (Fsp3) is 0.160. The van der Waals surface area contributed by atoms with E-state index in [2.05, 4.69) is 5.32 Å². The molecule has 1 amide bonds. The molecule has 0 saturated heterocycles. The average Bonchev–Trinajstić information content (AvgIpc) is 2.85. The number of hydrogen-bond acceptors (Lipinski definition) is 5. The van der Waals surface area contributed by atoms with Crippen LogP contribution in [0.4, 0.5) is 10.1 Å². The van der Waals surface area contributed by atoms with Crippen molar-refractivity contribution in [1.29, 1.82) is 0 Å². The van der Waals surface area contributed by atoms with Gasteiger partial charge in [-0.05, 0) is 42.0 Å². The van der Waals surface area contributed by atoms with Gasteiger partial charge < -0.3 is 14.8 Å². The van der Waals surface area contributed by atoms with Crippen molar-refractivity contribution in [2.24, 2.45) is 0 Å². The van der Waals surface area contributed by atoms with E-state index in [1.807, 2.05) is 0 Å². The predicted molar refractivity (Wildman–Crippen MR) is 126 cm³/mol. The summed E-state index contributed by atoms with van der Waals surface area (Å²) in [6.07, 6.45) is 0. The Hall–Kier alpha value is -4.40. The van der Waals surface area contributed by atoms with Gasteiger partial charge in [0, 0.05) is 6.07 Å². The molecule has 0 spiro atoms. The fourth-order valence-electron chi connectivity index (χ4n) is 3.67. The second kappa shape index (κ2) is 9.62. The van der Waals surface area contributed by atoms with Crippen LogP contribution in [0.1, 0.15) is 5.56 Å². The van der Waals surface area contributed by atoms with Gasteiger partial charge in [-0.3, -0.25) is 18.7 Å². The Morgan fingerprint density at radius 1 is 0.941 bits per heavy atom. The summed E-state index contributed by atoms with van der Waals surface area (Å²) in [6, 6.07) is 17.0. The number of aromatic nitrogens is 2. The molecule has 34 heavy (non-hydrogen) atoms. The van der Waals surface area contributed by atoms with Crippen LogP contribution in [0.5, 0.6) is 11.5 Å². The van der Waals surface area contributed by atoms with Gasteiger partial charge in [0.25, 0.3) is 5.56 Å². The Labute approximate surface area is 193 Å². The molecule has 0 atom stereocenters. The molecular weight excluding hydrogens is 441 g/mol. The summed E-state index contributed by atoms with van der Waals surface area (Å²) in [5, 5.41) is 3.03. The third-order valence-corrected chi connectivity index (χ3v) is 5.37. The zero-order valence-electron chi connectivity index (χ0n) is 18.6. The summed E-state index contributed by atoms with van der Waals surface area (Å²) in [7, 11) is 2.99. The highest BCUT2D eigenvalue weighted by molar-refractivity contribution is 5.93. The van der Waals surface area contributed by atoms with Gasteiger partial charge in [-0.25, -0.2) is 9.18 Å². The summed E-state index contributed by atoms with van der Waals surface area (Å²) in [4.78, 5) is 39.2. The molecule has 0 unspecified atom stereocenters. The first-order valence-corrected chi connectivity index (χ1v) is 10.4. The van der Waals surface area contributed by atoms with E-state index >= 15 is 0 Å². The predicted octanol–water partition coefficient (Wildman–Crippen LogP) is 3.01. The third kappa shape index (κ3) is 4.54. The zero-order valence-corrected chi connectivity index (χ0v) is 18.6. The molecule has 0 aliphatic heterocycles. The summed E-state index contributed by atoms with van der Waals surface area (Å²) in [5.41, 5.74) is 0.188. The largest absolute Gasteiger partial charge is 0.497 e. The molecule has 0 bridgehead atoms. The maximum Gasteiger partial charge on any atom is 0.332 e. The summed E-state index contributed by atoms with van der Waals surface area (Å²) in [5.74, 6) is 0.0523. The van der Waals surface area contributed by atoms with Gasteiger partial charge in [-0.15, -0.1) is 0 Å². The minimum atomic E-state index is -0.648. The average molecular weight is 463 g/mol. The summed E-state index contributed by atoms with van der Waals surface area (Å²) >= 11 is 0. The number of carbonyl (C=O) groups excluding carboxylic acids is 1. The smallest absolute Gasteiger partial charge is 0.332 e. The van der Waals surface area contributed by atoms with Crippen LogP contribution in [0.15, 0.2) is 76.3 Å². The first-order chi connectivity index (χ1) is 16.4. The number of rotatable bonds is 7. The molecule has 4 aromatic rings. The van der Waals surface area contributed by atoms with Gasteiger partial charge in [0.1, 0.15) is 23.9 Å². The number of benzene rings is 3. The molecule has 1 N–H and O–H groups in total. The molecular formula is C25H22FN3O5. The highest BCUT2D eigenvalue weighted by Gasteiger charge is 2.17. The third-order valence-electron chi connectivity index (χ3n) is 5.37. The van der Waals surface area contributed by atoms with E-state index in [0.29, 0.717) is 33.7 Å². The molecule has 174 valence electrons. The molecule has 9 heteroatoms. The van der Waals surface area contributed by atoms with E-state index in [9.17, 15) is 18.8 Å². The number of carbonyl (C=O) groups is 1. The van der Waals surface area contributed by atoms with Crippen LogP contribution < -0.4 is 26.0 Å². The van der Waals surface area contributed by atoms with Gasteiger partial charge in [0.05, 0.1) is 37.4 Å². The van der Waals surface area contributed by atoms with Crippen LogP contribution >= 0.6 is 0 Å². The van der Waals surface area contributed by atoms with E-state index in [0.717, 1.165) is 4.57 Å². The number of ether oxygens (including phenoxy) is 2. The molecule has 0 aliphatic rings. The minimum absolute atomic E-state index is 0.0588. The van der Waals surface area contributed by atoms with Crippen molar-refractivity contribution in [3.63, 3.8) is 0 Å². The number of anilines is 1. The zero-order chi connectivity index (χ0) is 24.2. The van der Waals surface area contributed by atoms with Crippen molar-refractivity contribution in [2.75, 3.05) is 19.5 Å². The fourth-order valence-corrected chi connectivity index (χ4v) is 3.67. The van der Waals surface area contributed by atoms with Crippen molar-refractivity contribution in [3.05, 3.63) is 98.9 Å². The lowest BCUT2D eigenvalue weighted by Gasteiger charge is -2.15. The number of amides is 1. The van der Waals surface area contributed by atoms with Crippen molar-refractivity contribution >= 4 is 22.5 Å². The molecule has 0 fully saturated rings. The number of nitrogens with one attached hydrogen (secondary N) is 1. The van der Waals surface area contributed by atoms with Crippen molar-refractivity contribution in [2.45, 2.75) is 13.1 Å². The van der Waals surface area contributed by atoms with Crippen molar-refractivity contribution in [3.8, 4) is 11.5 Å². The van der Waals surface area contributed by atoms with Crippen molar-refractivity contribution < 1.29 is 18.7 Å². The first kappa shape index (κ1) is 22.8. The van der Waals surface area contributed by atoms with Crippen LogP contribution in [0, 0.1) is 5.82 Å². The maximum absolute atomic E-state index is 13.3. The second-order valence-electron chi connectivity index (χ2n) is 7.52. The number of halogens is 1. The molecule has 3 aromatic carbocycles. The Kier molecular flexibility index (Phi) is 6.44. The van der Waals surface area contributed by atoms with Gasteiger partial charge in [-0.1, -0.05) is 24.3 Å². The molecule has 1 aromatic heterocycles. The maximum atomic E-state index is 13.3. The lowest BCUT2D eigenvalue weighted by Crippen LogP contribution is -2.42. The van der Waals surface area contributed by atoms with E-state index in [4.69, 9.17) is 9.47 Å². The van der Waals surface area contributed by atoms with Gasteiger partial charge in [0.15, 0.2) is 0 Å². The van der Waals surface area contributed by atoms with Crippen LogP contribution in [0.2, 0.25) is 0 Å². The Morgan fingerprint density at radius 2 is 1.68 bits per heavy atom. The summed E-state index contributed by atoms with van der Waals surface area (Å²) in [6.45, 7) is -0.394. The number of fused-ring (bicyclic) bond motifs is 1. The molecule has 0 saturated carbocycles. The molecule has 4 rings (SSSR count). The van der Waals surface area contributed by atoms with E-state index < -0.39 is 23.0 Å². The number of hydrogen-bond donors (Lipinski definition) is 1. The monoisotopic (exact) mass is 463 g/mol. The Balaban J connectivity index is 1.72. The number of methoxy groups -OCH3 is 2. The van der Waals surface area contributed by atoms with Crippen LogP contribution in [0.25, 0.3) is 10.9 Å². The van der Waals surface area contributed by atoms with Gasteiger partial charge >= 0.3 is 5.69 Å². The quantitative estimate of drug-likeness (QED) is 0.455. The van der Waals surface area contributed by atoms with Crippen LogP contribution in [-0.2, 0) is 17.9 Å². The molecule has 0 radical (unpaired) electrons. The van der Waals surface area contributed by atoms with Gasteiger partial charge in [-0.2, -0.15) is 0 Å². The lowest BCUT2D eigenvalue weighted by molar-refractivity contribution is -0.116. The number of nitrogens with zero attached hydrogens (tertiary/aromatic N) is 2. The van der Waals surface area contributed by atoms with Crippen LogP contribution in [0.3, 0.4) is 0 Å². The number of para-hydroxylation sites is 1. The first-order valence-electron chi connectivity index (χ1n) is 10.4. The van der Waals surface area contributed by atoms with Crippen molar-refractivity contribution in [1.82, 2.24) is 9.13 Å². The van der Waals surface area contributed by atoms with E-state index in [1.165, 1.54) is 43.1 Å². The van der Waals surface area contributed by atoms with Crippen LogP contribution in [-0.4, -0.2) is 29.3 Å². The summed E-state index contributed by atoms with van der Waals surface area (Å²) < 4.78 is 26.0.